The van der Waals surface area contributed by atoms with Crippen molar-refractivity contribution in [2.24, 2.45) is 0 Å². The third kappa shape index (κ3) is 3.81. The Morgan fingerprint density at radius 1 is 1.00 bits per heavy atom. The SMILES string of the molecule is Cc1cc(C)c(CN2CCN(CC(=O)O)CC2)cc1C. The summed E-state index contributed by atoms with van der Waals surface area (Å²) < 4.78 is 0. The highest BCUT2D eigenvalue weighted by Crippen LogP contribution is 2.18. The predicted octanol–water partition coefficient (Wildman–Crippen LogP) is 1.81. The summed E-state index contributed by atoms with van der Waals surface area (Å²) in [5.41, 5.74) is 5.42. The summed E-state index contributed by atoms with van der Waals surface area (Å²) in [7, 11) is 0. The average molecular weight is 276 g/mol. The maximum absolute atomic E-state index is 10.7. The second-order valence-corrected chi connectivity index (χ2v) is 5.81. The minimum Gasteiger partial charge on any atom is -0.480 e. The highest BCUT2D eigenvalue weighted by Gasteiger charge is 2.19. The molecule has 1 N–H and O–H groups in total. The van der Waals surface area contributed by atoms with Crippen molar-refractivity contribution < 1.29 is 9.90 Å². The first kappa shape index (κ1) is 15.0. The van der Waals surface area contributed by atoms with E-state index in [2.05, 4.69) is 37.8 Å². The molecule has 1 aromatic rings. The minimum absolute atomic E-state index is 0.163. The van der Waals surface area contributed by atoms with Gasteiger partial charge < -0.3 is 5.11 Å². The standard InChI is InChI=1S/C16H24N2O2/c1-12-8-14(3)15(9-13(12)2)10-17-4-6-18(7-5-17)11-16(19)20/h8-9H,4-7,10-11H2,1-3H3,(H,19,20). The van der Waals surface area contributed by atoms with Crippen LogP contribution in [0, 0.1) is 20.8 Å². The predicted molar refractivity (Wildman–Crippen MR) is 80.0 cm³/mol. The molecule has 20 heavy (non-hydrogen) atoms. The van der Waals surface area contributed by atoms with Crippen molar-refractivity contribution in [2.45, 2.75) is 27.3 Å². The Labute approximate surface area is 121 Å². The van der Waals surface area contributed by atoms with E-state index in [0.717, 1.165) is 32.7 Å². The van der Waals surface area contributed by atoms with Crippen molar-refractivity contribution in [3.05, 3.63) is 34.4 Å². The van der Waals surface area contributed by atoms with Crippen LogP contribution in [0.2, 0.25) is 0 Å². The van der Waals surface area contributed by atoms with Crippen LogP contribution in [0.25, 0.3) is 0 Å². The van der Waals surface area contributed by atoms with E-state index in [-0.39, 0.29) is 6.54 Å². The monoisotopic (exact) mass is 276 g/mol. The van der Waals surface area contributed by atoms with Crippen LogP contribution in [-0.4, -0.2) is 53.6 Å². The zero-order valence-electron chi connectivity index (χ0n) is 12.6. The molecular weight excluding hydrogens is 252 g/mol. The van der Waals surface area contributed by atoms with Gasteiger partial charge >= 0.3 is 5.97 Å². The summed E-state index contributed by atoms with van der Waals surface area (Å²) in [5, 5.41) is 8.80. The van der Waals surface area contributed by atoms with Crippen molar-refractivity contribution in [3.63, 3.8) is 0 Å². The zero-order valence-corrected chi connectivity index (χ0v) is 12.6. The minimum atomic E-state index is -0.733. The molecule has 0 aromatic heterocycles. The van der Waals surface area contributed by atoms with Gasteiger partial charge in [-0.15, -0.1) is 0 Å². The zero-order chi connectivity index (χ0) is 14.7. The summed E-state index contributed by atoms with van der Waals surface area (Å²) in [6, 6.07) is 4.54. The summed E-state index contributed by atoms with van der Waals surface area (Å²) in [6.07, 6.45) is 0. The molecule has 0 radical (unpaired) electrons. The summed E-state index contributed by atoms with van der Waals surface area (Å²) in [4.78, 5) is 15.1. The number of aryl methyl sites for hydroxylation is 3. The largest absolute Gasteiger partial charge is 0.480 e. The molecule has 1 saturated heterocycles. The molecule has 0 saturated carbocycles. The van der Waals surface area contributed by atoms with Crippen LogP contribution < -0.4 is 0 Å². The van der Waals surface area contributed by atoms with Crippen LogP contribution in [0.4, 0.5) is 0 Å². The smallest absolute Gasteiger partial charge is 0.317 e. The van der Waals surface area contributed by atoms with Gasteiger partial charge in [-0.05, 0) is 43.0 Å². The van der Waals surface area contributed by atoms with Gasteiger partial charge in [-0.25, -0.2) is 0 Å². The maximum Gasteiger partial charge on any atom is 0.317 e. The lowest BCUT2D eigenvalue weighted by Gasteiger charge is -2.34. The van der Waals surface area contributed by atoms with E-state index in [1.165, 1.54) is 22.3 Å². The first-order valence-corrected chi connectivity index (χ1v) is 7.19. The molecule has 1 fully saturated rings. The number of carboxylic acid groups (broad SMARTS) is 1. The molecule has 0 amide bonds. The highest BCUT2D eigenvalue weighted by molar-refractivity contribution is 5.69. The normalized spacial score (nSPS) is 17.4. The fourth-order valence-corrected chi connectivity index (χ4v) is 2.73. The number of benzene rings is 1. The number of rotatable bonds is 4. The molecule has 0 spiro atoms. The summed E-state index contributed by atoms with van der Waals surface area (Å²) in [5.74, 6) is -0.733. The lowest BCUT2D eigenvalue weighted by Crippen LogP contribution is -2.47. The Balaban J connectivity index is 1.93. The Kier molecular flexibility index (Phi) is 4.78. The van der Waals surface area contributed by atoms with E-state index in [4.69, 9.17) is 5.11 Å². The second kappa shape index (κ2) is 6.37. The van der Waals surface area contributed by atoms with Gasteiger partial charge in [0.05, 0.1) is 6.54 Å². The van der Waals surface area contributed by atoms with Gasteiger partial charge in [0.25, 0.3) is 0 Å². The van der Waals surface area contributed by atoms with Crippen LogP contribution in [0.5, 0.6) is 0 Å². The van der Waals surface area contributed by atoms with Crippen LogP contribution in [0.3, 0.4) is 0 Å². The Bertz CT molecular complexity index is 491. The number of piperazine rings is 1. The Hall–Kier alpha value is -1.39. The highest BCUT2D eigenvalue weighted by atomic mass is 16.4. The molecule has 1 heterocycles. The van der Waals surface area contributed by atoms with Crippen molar-refractivity contribution in [3.8, 4) is 0 Å². The number of hydrogen-bond acceptors (Lipinski definition) is 3. The van der Waals surface area contributed by atoms with Gasteiger partial charge in [-0.1, -0.05) is 12.1 Å². The number of aliphatic carboxylic acids is 1. The first-order chi connectivity index (χ1) is 9.45. The van der Waals surface area contributed by atoms with E-state index in [9.17, 15) is 4.79 Å². The van der Waals surface area contributed by atoms with Crippen LogP contribution in [0.1, 0.15) is 22.3 Å². The van der Waals surface area contributed by atoms with Gasteiger partial charge in [-0.2, -0.15) is 0 Å². The number of hydrogen-bond donors (Lipinski definition) is 1. The van der Waals surface area contributed by atoms with Crippen molar-refractivity contribution in [2.75, 3.05) is 32.7 Å². The molecular formula is C16H24N2O2. The van der Waals surface area contributed by atoms with Gasteiger partial charge in [-0.3, -0.25) is 14.6 Å². The van der Waals surface area contributed by atoms with Gasteiger partial charge in [0.2, 0.25) is 0 Å². The number of nitrogens with zero attached hydrogens (tertiary/aromatic N) is 2. The number of carbonyl (C=O) groups is 1. The molecule has 4 nitrogen and oxygen atoms in total. The molecule has 1 aliphatic rings. The van der Waals surface area contributed by atoms with E-state index >= 15 is 0 Å². The van der Waals surface area contributed by atoms with E-state index in [0.29, 0.717) is 0 Å². The molecule has 1 aliphatic heterocycles. The van der Waals surface area contributed by atoms with Gasteiger partial charge in [0, 0.05) is 32.7 Å². The van der Waals surface area contributed by atoms with Crippen LogP contribution >= 0.6 is 0 Å². The molecule has 0 unspecified atom stereocenters. The lowest BCUT2D eigenvalue weighted by atomic mass is 10.0. The molecule has 0 aliphatic carbocycles. The molecule has 0 atom stereocenters. The lowest BCUT2D eigenvalue weighted by molar-refractivity contribution is -0.138. The quantitative estimate of drug-likeness (QED) is 0.911. The van der Waals surface area contributed by atoms with E-state index in [1.54, 1.807) is 0 Å². The molecule has 4 heteroatoms. The second-order valence-electron chi connectivity index (χ2n) is 5.81. The molecule has 0 bridgehead atoms. The average Bonchev–Trinajstić information content (AvgIpc) is 2.37. The van der Waals surface area contributed by atoms with Crippen LogP contribution in [-0.2, 0) is 11.3 Å². The summed E-state index contributed by atoms with van der Waals surface area (Å²) in [6.45, 7) is 11.2. The van der Waals surface area contributed by atoms with Crippen molar-refractivity contribution >= 4 is 5.97 Å². The third-order valence-corrected chi connectivity index (χ3v) is 4.17. The van der Waals surface area contributed by atoms with Gasteiger partial charge in [0.1, 0.15) is 0 Å². The topological polar surface area (TPSA) is 43.8 Å². The Morgan fingerprint density at radius 3 is 2.15 bits per heavy atom. The Morgan fingerprint density at radius 2 is 1.55 bits per heavy atom. The fraction of sp³-hybridized carbons (Fsp3) is 0.562. The molecule has 1 aromatic carbocycles. The number of carboxylic acids is 1. The first-order valence-electron chi connectivity index (χ1n) is 7.19. The third-order valence-electron chi connectivity index (χ3n) is 4.17. The van der Waals surface area contributed by atoms with Crippen LogP contribution in [0.15, 0.2) is 12.1 Å². The summed E-state index contributed by atoms with van der Waals surface area (Å²) >= 11 is 0. The molecule has 2 rings (SSSR count). The van der Waals surface area contributed by atoms with Crippen molar-refractivity contribution in [1.29, 1.82) is 0 Å². The molecule has 110 valence electrons. The van der Waals surface area contributed by atoms with E-state index < -0.39 is 5.97 Å². The van der Waals surface area contributed by atoms with Crippen molar-refractivity contribution in [1.82, 2.24) is 9.80 Å². The maximum atomic E-state index is 10.7. The fourth-order valence-electron chi connectivity index (χ4n) is 2.73. The van der Waals surface area contributed by atoms with Gasteiger partial charge in [0.15, 0.2) is 0 Å². The van der Waals surface area contributed by atoms with E-state index in [1.807, 2.05) is 4.90 Å².